The van der Waals surface area contributed by atoms with E-state index in [2.05, 4.69) is 13.8 Å². The number of rotatable bonds is 3. The number of morpholine rings is 1. The minimum Gasteiger partial charge on any atom is -0.370 e. The van der Waals surface area contributed by atoms with Crippen LogP contribution >= 0.6 is 0 Å². The minimum atomic E-state index is -2.35. The summed E-state index contributed by atoms with van der Waals surface area (Å²) in [5, 5.41) is 0. The third-order valence-corrected chi connectivity index (χ3v) is 2.08. The molecule has 1 unspecified atom stereocenters. The fraction of sp³-hybridized carbons (Fsp3) is 1.00. The van der Waals surface area contributed by atoms with E-state index in [9.17, 15) is 8.78 Å². The molecule has 13 heavy (non-hydrogen) atoms. The van der Waals surface area contributed by atoms with E-state index in [-0.39, 0.29) is 0 Å². The van der Waals surface area contributed by atoms with Crippen molar-refractivity contribution in [2.24, 2.45) is 5.92 Å². The minimum absolute atomic E-state index is 0.371. The van der Waals surface area contributed by atoms with Crippen LogP contribution in [0.3, 0.4) is 0 Å². The van der Waals surface area contributed by atoms with E-state index in [1.807, 2.05) is 4.90 Å². The summed E-state index contributed by atoms with van der Waals surface area (Å²) in [5.41, 5.74) is 0. The van der Waals surface area contributed by atoms with Crippen molar-refractivity contribution in [1.29, 1.82) is 0 Å². The molecule has 0 amide bonds. The van der Waals surface area contributed by atoms with Crippen molar-refractivity contribution in [2.45, 2.75) is 26.4 Å². The Morgan fingerprint density at radius 3 is 2.69 bits per heavy atom. The van der Waals surface area contributed by atoms with Gasteiger partial charge in [0.05, 0.1) is 6.61 Å². The van der Waals surface area contributed by atoms with Gasteiger partial charge in [-0.15, -0.1) is 0 Å². The average Bonchev–Trinajstić information content (AvgIpc) is 2.03. The van der Waals surface area contributed by atoms with Crippen LogP contribution in [-0.4, -0.2) is 43.7 Å². The van der Waals surface area contributed by atoms with Crippen LogP contribution in [0.2, 0.25) is 0 Å². The molecule has 0 N–H and O–H groups in total. The van der Waals surface area contributed by atoms with Crippen molar-refractivity contribution < 1.29 is 13.5 Å². The summed E-state index contributed by atoms with van der Waals surface area (Å²) in [6.07, 6.45) is -3.23. The van der Waals surface area contributed by atoms with E-state index in [0.717, 1.165) is 13.1 Å². The highest BCUT2D eigenvalue weighted by Crippen LogP contribution is 2.13. The van der Waals surface area contributed by atoms with Crippen LogP contribution in [0.15, 0.2) is 0 Å². The van der Waals surface area contributed by atoms with Gasteiger partial charge in [0.25, 0.3) is 6.43 Å². The molecule has 78 valence electrons. The molecular weight excluding hydrogens is 176 g/mol. The van der Waals surface area contributed by atoms with E-state index < -0.39 is 12.5 Å². The lowest BCUT2D eigenvalue weighted by atomic mass is 10.2. The summed E-state index contributed by atoms with van der Waals surface area (Å²) in [7, 11) is 0. The van der Waals surface area contributed by atoms with Crippen LogP contribution in [0.1, 0.15) is 13.8 Å². The quantitative estimate of drug-likeness (QED) is 0.675. The van der Waals surface area contributed by atoms with Crippen LogP contribution in [-0.2, 0) is 4.74 Å². The molecule has 1 aliphatic heterocycles. The van der Waals surface area contributed by atoms with Gasteiger partial charge in [0.15, 0.2) is 0 Å². The normalized spacial score (nSPS) is 25.8. The van der Waals surface area contributed by atoms with Crippen LogP contribution < -0.4 is 0 Å². The molecule has 0 spiro atoms. The van der Waals surface area contributed by atoms with Gasteiger partial charge < -0.3 is 4.74 Å². The first kappa shape index (κ1) is 10.9. The summed E-state index contributed by atoms with van der Waals surface area (Å²) in [4.78, 5) is 2.05. The zero-order chi connectivity index (χ0) is 9.84. The third kappa shape index (κ3) is 3.56. The highest BCUT2D eigenvalue weighted by Gasteiger charge is 2.27. The Kier molecular flexibility index (Phi) is 4.06. The van der Waals surface area contributed by atoms with Gasteiger partial charge in [-0.25, -0.2) is 8.78 Å². The number of hydrogen-bond acceptors (Lipinski definition) is 2. The van der Waals surface area contributed by atoms with Crippen molar-refractivity contribution in [3.63, 3.8) is 0 Å². The Morgan fingerprint density at radius 1 is 1.46 bits per heavy atom. The van der Waals surface area contributed by atoms with Gasteiger partial charge in [0.2, 0.25) is 0 Å². The molecule has 0 radical (unpaired) electrons. The molecule has 4 heteroatoms. The van der Waals surface area contributed by atoms with Crippen LogP contribution in [0.4, 0.5) is 8.78 Å². The molecule has 0 bridgehead atoms. The van der Waals surface area contributed by atoms with E-state index >= 15 is 0 Å². The SMILES string of the molecule is CC(C)CN1CCOC(C(F)F)C1. The van der Waals surface area contributed by atoms with Gasteiger partial charge in [0, 0.05) is 19.6 Å². The molecular formula is C9H17F2NO. The van der Waals surface area contributed by atoms with E-state index in [4.69, 9.17) is 4.74 Å². The number of ether oxygens (including phenoxy) is 1. The summed E-state index contributed by atoms with van der Waals surface area (Å²) in [6, 6.07) is 0. The molecule has 0 aromatic carbocycles. The standard InChI is InChI=1S/C9H17F2NO/c1-7(2)5-12-3-4-13-8(6-12)9(10)11/h7-9H,3-6H2,1-2H3. The maximum absolute atomic E-state index is 12.3. The first-order valence-corrected chi connectivity index (χ1v) is 4.71. The first-order valence-electron chi connectivity index (χ1n) is 4.71. The van der Waals surface area contributed by atoms with Crippen LogP contribution in [0.5, 0.6) is 0 Å². The summed E-state index contributed by atoms with van der Waals surface area (Å²) in [6.45, 7) is 6.64. The first-order chi connectivity index (χ1) is 6.09. The monoisotopic (exact) mass is 193 g/mol. The summed E-state index contributed by atoms with van der Waals surface area (Å²) >= 11 is 0. The molecule has 0 aliphatic carbocycles. The van der Waals surface area contributed by atoms with Gasteiger partial charge >= 0.3 is 0 Å². The molecule has 0 aromatic rings. The highest BCUT2D eigenvalue weighted by molar-refractivity contribution is 4.73. The number of nitrogens with zero attached hydrogens (tertiary/aromatic N) is 1. The second-order valence-corrected chi connectivity index (χ2v) is 3.90. The highest BCUT2D eigenvalue weighted by atomic mass is 19.3. The van der Waals surface area contributed by atoms with E-state index in [0.29, 0.717) is 19.1 Å². The predicted octanol–water partition coefficient (Wildman–Crippen LogP) is 1.61. The van der Waals surface area contributed by atoms with Crippen molar-refractivity contribution >= 4 is 0 Å². The smallest absolute Gasteiger partial charge is 0.265 e. The second-order valence-electron chi connectivity index (χ2n) is 3.90. The summed E-state index contributed by atoms with van der Waals surface area (Å²) in [5.74, 6) is 0.524. The van der Waals surface area contributed by atoms with Crippen molar-refractivity contribution in [3.05, 3.63) is 0 Å². The van der Waals surface area contributed by atoms with Gasteiger partial charge in [-0.05, 0) is 5.92 Å². The molecule has 1 heterocycles. The largest absolute Gasteiger partial charge is 0.370 e. The van der Waals surface area contributed by atoms with Gasteiger partial charge in [-0.3, -0.25) is 4.90 Å². The maximum atomic E-state index is 12.3. The van der Waals surface area contributed by atoms with Gasteiger partial charge in [-0.2, -0.15) is 0 Å². The van der Waals surface area contributed by atoms with Gasteiger partial charge in [0.1, 0.15) is 6.10 Å². The lowest BCUT2D eigenvalue weighted by molar-refractivity contribution is -0.103. The second kappa shape index (κ2) is 4.86. The fourth-order valence-corrected chi connectivity index (χ4v) is 1.57. The molecule has 1 saturated heterocycles. The summed E-state index contributed by atoms with van der Waals surface area (Å²) < 4.78 is 29.5. The zero-order valence-corrected chi connectivity index (χ0v) is 8.17. The van der Waals surface area contributed by atoms with Crippen LogP contribution in [0.25, 0.3) is 0 Å². The molecule has 0 aromatic heterocycles. The van der Waals surface area contributed by atoms with E-state index in [1.54, 1.807) is 0 Å². The number of alkyl halides is 2. The Bertz CT molecular complexity index is 153. The average molecular weight is 193 g/mol. The Labute approximate surface area is 77.9 Å². The molecule has 0 saturated carbocycles. The topological polar surface area (TPSA) is 12.5 Å². The molecule has 1 aliphatic rings. The fourth-order valence-electron chi connectivity index (χ4n) is 1.57. The lowest BCUT2D eigenvalue weighted by Gasteiger charge is -2.33. The van der Waals surface area contributed by atoms with Crippen molar-refractivity contribution in [1.82, 2.24) is 4.90 Å². The van der Waals surface area contributed by atoms with Crippen molar-refractivity contribution in [3.8, 4) is 0 Å². The molecule has 1 fully saturated rings. The third-order valence-electron chi connectivity index (χ3n) is 2.08. The van der Waals surface area contributed by atoms with E-state index in [1.165, 1.54) is 0 Å². The lowest BCUT2D eigenvalue weighted by Crippen LogP contribution is -2.46. The number of hydrogen-bond donors (Lipinski definition) is 0. The molecule has 2 nitrogen and oxygen atoms in total. The Morgan fingerprint density at radius 2 is 2.15 bits per heavy atom. The predicted molar refractivity (Wildman–Crippen MR) is 47.0 cm³/mol. The zero-order valence-electron chi connectivity index (χ0n) is 8.17. The van der Waals surface area contributed by atoms with Crippen molar-refractivity contribution in [2.75, 3.05) is 26.2 Å². The van der Waals surface area contributed by atoms with Gasteiger partial charge in [-0.1, -0.05) is 13.8 Å². The van der Waals surface area contributed by atoms with Crippen LogP contribution in [0, 0.1) is 5.92 Å². The molecule has 1 atom stereocenters. The number of halogens is 2. The molecule has 1 rings (SSSR count). The maximum Gasteiger partial charge on any atom is 0.265 e. The Hall–Kier alpha value is -0.220. The Balaban J connectivity index is 2.33.